The van der Waals surface area contributed by atoms with Gasteiger partial charge >= 0.3 is 0 Å². The molecule has 1 aromatic heterocycles. The summed E-state index contributed by atoms with van der Waals surface area (Å²) in [5.74, 6) is 0.880. The van der Waals surface area contributed by atoms with Crippen molar-refractivity contribution in [3.8, 4) is 0 Å². The fourth-order valence-corrected chi connectivity index (χ4v) is 5.25. The lowest BCUT2D eigenvalue weighted by Gasteiger charge is -2.21. The van der Waals surface area contributed by atoms with Gasteiger partial charge in [0.1, 0.15) is 0 Å². The van der Waals surface area contributed by atoms with Gasteiger partial charge in [-0.05, 0) is 48.9 Å². The Kier molecular flexibility index (Phi) is 7.88. The molecular weight excluding hydrogens is 418 g/mol. The predicted molar refractivity (Wildman–Crippen MR) is 131 cm³/mol. The minimum absolute atomic E-state index is 0.0371. The average Bonchev–Trinajstić information content (AvgIpc) is 3.25. The standard InChI is InChI=1S/C26H31N3O2S/c30-25(29-16-19-8-2-1-3-9-19)18-32-24-13-7-5-11-22(24)26(31)27-15-14-20-17-28-23-12-6-4-10-21(20)23/h4-7,10-13,17,19,28H,1-3,8-9,14-16,18H2,(H,27,31)(H,29,30). The molecule has 6 heteroatoms. The van der Waals surface area contributed by atoms with Gasteiger partial charge in [0.25, 0.3) is 5.91 Å². The van der Waals surface area contributed by atoms with Gasteiger partial charge in [-0.1, -0.05) is 49.6 Å². The second-order valence-electron chi connectivity index (χ2n) is 8.46. The van der Waals surface area contributed by atoms with E-state index < -0.39 is 0 Å². The summed E-state index contributed by atoms with van der Waals surface area (Å²) in [6.07, 6.45) is 9.07. The van der Waals surface area contributed by atoms with Gasteiger partial charge in [-0.25, -0.2) is 0 Å². The molecule has 0 unspecified atom stereocenters. The number of H-pyrrole nitrogens is 1. The molecule has 3 aromatic rings. The van der Waals surface area contributed by atoms with Gasteiger partial charge in [0, 0.05) is 35.1 Å². The third-order valence-electron chi connectivity index (χ3n) is 6.16. The molecule has 1 saturated carbocycles. The minimum Gasteiger partial charge on any atom is -0.361 e. The Hall–Kier alpha value is -2.73. The molecule has 0 radical (unpaired) electrons. The molecule has 1 fully saturated rings. The highest BCUT2D eigenvalue weighted by Crippen LogP contribution is 2.24. The quantitative estimate of drug-likeness (QED) is 0.406. The van der Waals surface area contributed by atoms with Crippen LogP contribution in [0.1, 0.15) is 48.0 Å². The molecular formula is C26H31N3O2S. The lowest BCUT2D eigenvalue weighted by molar-refractivity contribution is -0.118. The Morgan fingerprint density at radius 1 is 0.969 bits per heavy atom. The number of aromatic amines is 1. The topological polar surface area (TPSA) is 74.0 Å². The highest BCUT2D eigenvalue weighted by molar-refractivity contribution is 8.00. The van der Waals surface area contributed by atoms with Crippen molar-refractivity contribution in [1.29, 1.82) is 0 Å². The molecule has 2 aromatic carbocycles. The summed E-state index contributed by atoms with van der Waals surface area (Å²) in [4.78, 5) is 29.2. The molecule has 0 spiro atoms. The molecule has 0 atom stereocenters. The first-order valence-electron chi connectivity index (χ1n) is 11.5. The number of hydrogen-bond donors (Lipinski definition) is 3. The van der Waals surface area contributed by atoms with E-state index >= 15 is 0 Å². The van der Waals surface area contributed by atoms with Crippen LogP contribution in [-0.2, 0) is 11.2 Å². The van der Waals surface area contributed by atoms with Crippen molar-refractivity contribution in [2.45, 2.75) is 43.4 Å². The number of carbonyl (C=O) groups excluding carboxylic acids is 2. The first-order valence-corrected chi connectivity index (χ1v) is 12.5. The van der Waals surface area contributed by atoms with E-state index in [1.54, 1.807) is 0 Å². The molecule has 32 heavy (non-hydrogen) atoms. The highest BCUT2D eigenvalue weighted by Gasteiger charge is 2.16. The number of rotatable bonds is 9. The van der Waals surface area contributed by atoms with Crippen molar-refractivity contribution < 1.29 is 9.59 Å². The summed E-state index contributed by atoms with van der Waals surface area (Å²) in [5.41, 5.74) is 2.92. The normalized spacial score (nSPS) is 14.4. The monoisotopic (exact) mass is 449 g/mol. The Bertz CT molecular complexity index is 1060. The Balaban J connectivity index is 1.26. The maximum Gasteiger partial charge on any atom is 0.252 e. The molecule has 4 rings (SSSR count). The fourth-order valence-electron chi connectivity index (χ4n) is 4.37. The largest absolute Gasteiger partial charge is 0.361 e. The average molecular weight is 450 g/mol. The lowest BCUT2D eigenvalue weighted by atomic mass is 9.89. The van der Waals surface area contributed by atoms with Gasteiger partial charge in [0.05, 0.1) is 11.3 Å². The fraction of sp³-hybridized carbons (Fsp3) is 0.385. The van der Waals surface area contributed by atoms with Crippen molar-refractivity contribution in [2.24, 2.45) is 5.92 Å². The zero-order chi connectivity index (χ0) is 22.2. The van der Waals surface area contributed by atoms with E-state index in [4.69, 9.17) is 0 Å². The summed E-state index contributed by atoms with van der Waals surface area (Å²) >= 11 is 1.43. The van der Waals surface area contributed by atoms with Gasteiger partial charge in [0.15, 0.2) is 0 Å². The van der Waals surface area contributed by atoms with Crippen LogP contribution in [0.3, 0.4) is 0 Å². The number of para-hydroxylation sites is 1. The van der Waals surface area contributed by atoms with E-state index in [0.717, 1.165) is 23.4 Å². The number of aromatic nitrogens is 1. The van der Waals surface area contributed by atoms with Gasteiger partial charge in [-0.15, -0.1) is 11.8 Å². The van der Waals surface area contributed by atoms with Crippen LogP contribution in [0.4, 0.5) is 0 Å². The molecule has 5 nitrogen and oxygen atoms in total. The van der Waals surface area contributed by atoms with E-state index in [1.165, 1.54) is 54.8 Å². The molecule has 3 N–H and O–H groups in total. The lowest BCUT2D eigenvalue weighted by Crippen LogP contribution is -2.31. The summed E-state index contributed by atoms with van der Waals surface area (Å²) in [7, 11) is 0. The zero-order valence-electron chi connectivity index (χ0n) is 18.4. The minimum atomic E-state index is -0.101. The number of carbonyl (C=O) groups is 2. The van der Waals surface area contributed by atoms with Crippen molar-refractivity contribution in [1.82, 2.24) is 15.6 Å². The van der Waals surface area contributed by atoms with Crippen LogP contribution >= 0.6 is 11.8 Å². The first-order chi connectivity index (χ1) is 15.7. The molecule has 1 aliphatic carbocycles. The number of hydrogen-bond acceptors (Lipinski definition) is 3. The maximum atomic E-state index is 12.8. The molecule has 1 heterocycles. The molecule has 2 amide bonds. The molecule has 0 bridgehead atoms. The highest BCUT2D eigenvalue weighted by atomic mass is 32.2. The molecule has 0 aliphatic heterocycles. The van der Waals surface area contributed by atoms with E-state index in [2.05, 4.69) is 27.8 Å². The van der Waals surface area contributed by atoms with Crippen molar-refractivity contribution in [3.05, 3.63) is 65.9 Å². The molecule has 1 aliphatic rings. The van der Waals surface area contributed by atoms with Crippen LogP contribution in [0.5, 0.6) is 0 Å². The molecule has 0 saturated heterocycles. The van der Waals surface area contributed by atoms with Crippen LogP contribution in [-0.4, -0.2) is 35.6 Å². The van der Waals surface area contributed by atoms with E-state index in [0.29, 0.717) is 23.8 Å². The van der Waals surface area contributed by atoms with Crippen LogP contribution in [0, 0.1) is 5.92 Å². The van der Waals surface area contributed by atoms with Gasteiger partial charge in [-0.2, -0.15) is 0 Å². The number of amides is 2. The second-order valence-corrected chi connectivity index (χ2v) is 9.48. The van der Waals surface area contributed by atoms with Crippen LogP contribution in [0.25, 0.3) is 10.9 Å². The van der Waals surface area contributed by atoms with E-state index in [1.807, 2.05) is 42.6 Å². The summed E-state index contributed by atoms with van der Waals surface area (Å²) in [6, 6.07) is 15.7. The van der Waals surface area contributed by atoms with Crippen LogP contribution in [0.15, 0.2) is 59.6 Å². The smallest absolute Gasteiger partial charge is 0.252 e. The number of fused-ring (bicyclic) bond motifs is 1. The third-order valence-corrected chi connectivity index (χ3v) is 7.23. The van der Waals surface area contributed by atoms with Gasteiger partial charge < -0.3 is 15.6 Å². The van der Waals surface area contributed by atoms with Crippen LogP contribution < -0.4 is 10.6 Å². The molecule has 168 valence electrons. The first kappa shape index (κ1) is 22.5. The second kappa shape index (κ2) is 11.2. The predicted octanol–water partition coefficient (Wildman–Crippen LogP) is 4.93. The summed E-state index contributed by atoms with van der Waals surface area (Å²) in [5, 5.41) is 7.30. The van der Waals surface area contributed by atoms with Gasteiger partial charge in [-0.3, -0.25) is 9.59 Å². The van der Waals surface area contributed by atoms with E-state index in [9.17, 15) is 9.59 Å². The number of nitrogens with one attached hydrogen (secondary N) is 3. The zero-order valence-corrected chi connectivity index (χ0v) is 19.2. The van der Waals surface area contributed by atoms with Crippen molar-refractivity contribution >= 4 is 34.5 Å². The Morgan fingerprint density at radius 3 is 2.62 bits per heavy atom. The summed E-state index contributed by atoms with van der Waals surface area (Å²) < 4.78 is 0. The SMILES string of the molecule is O=C(CSc1ccccc1C(=O)NCCc1c[nH]c2ccccc12)NCC1CCCCC1. The van der Waals surface area contributed by atoms with Crippen LogP contribution in [0.2, 0.25) is 0 Å². The Morgan fingerprint density at radius 2 is 1.75 bits per heavy atom. The number of benzene rings is 2. The Labute approximate surface area is 193 Å². The maximum absolute atomic E-state index is 12.8. The third kappa shape index (κ3) is 5.94. The summed E-state index contributed by atoms with van der Waals surface area (Å²) in [6.45, 7) is 1.33. The van der Waals surface area contributed by atoms with Crippen molar-refractivity contribution in [2.75, 3.05) is 18.8 Å². The van der Waals surface area contributed by atoms with E-state index in [-0.39, 0.29) is 11.8 Å². The van der Waals surface area contributed by atoms with Crippen molar-refractivity contribution in [3.63, 3.8) is 0 Å². The number of thioether (sulfide) groups is 1. The van der Waals surface area contributed by atoms with Gasteiger partial charge in [0.2, 0.25) is 5.91 Å².